The Hall–Kier alpha value is -1.42. The molecule has 2 rings (SSSR count). The van der Waals surface area contributed by atoms with Crippen LogP contribution in [-0.4, -0.2) is 18.2 Å². The zero-order valence-electron chi connectivity index (χ0n) is 8.77. The Morgan fingerprint density at radius 3 is 2.88 bits per heavy atom. The van der Waals surface area contributed by atoms with E-state index in [9.17, 15) is 9.59 Å². The van der Waals surface area contributed by atoms with Crippen LogP contribution in [0.3, 0.4) is 0 Å². The van der Waals surface area contributed by atoms with Crippen molar-refractivity contribution in [2.24, 2.45) is 0 Å². The summed E-state index contributed by atoms with van der Waals surface area (Å²) < 4.78 is 5.08. The lowest BCUT2D eigenvalue weighted by atomic mass is 10.0. The minimum Gasteiger partial charge on any atom is -0.501 e. The number of hydrogen-bond donors (Lipinski definition) is 0. The molecule has 4 heteroatoms. The van der Waals surface area contributed by atoms with E-state index >= 15 is 0 Å². The minimum atomic E-state index is -0.113. The summed E-state index contributed by atoms with van der Waals surface area (Å²) in [5.74, 6) is -0.218. The van der Waals surface area contributed by atoms with Gasteiger partial charge in [-0.2, -0.15) is 0 Å². The second-order valence-corrected chi connectivity index (χ2v) is 4.57. The van der Waals surface area contributed by atoms with Gasteiger partial charge in [-0.15, -0.1) is 11.3 Å². The number of rotatable bonds is 4. The molecule has 0 N–H and O–H groups in total. The number of ketones is 2. The van der Waals surface area contributed by atoms with Crippen LogP contribution < -0.4 is 0 Å². The Morgan fingerprint density at radius 1 is 1.38 bits per heavy atom. The lowest BCUT2D eigenvalue weighted by Crippen LogP contribution is -2.13. The smallest absolute Gasteiger partial charge is 0.180 e. The number of Topliss-reactive ketones (excluding diaryl/α,β-unsaturated/α-hetero) is 2. The summed E-state index contributed by atoms with van der Waals surface area (Å²) in [4.78, 5) is 24.1. The Balaban J connectivity index is 1.97. The van der Waals surface area contributed by atoms with E-state index in [4.69, 9.17) is 4.74 Å². The van der Waals surface area contributed by atoms with Crippen molar-refractivity contribution in [1.82, 2.24) is 0 Å². The van der Waals surface area contributed by atoms with E-state index in [0.29, 0.717) is 17.1 Å². The Morgan fingerprint density at radius 2 is 2.25 bits per heavy atom. The maximum Gasteiger partial charge on any atom is 0.180 e. The molecule has 2 heterocycles. The van der Waals surface area contributed by atoms with Gasteiger partial charge in [0.1, 0.15) is 0 Å². The van der Waals surface area contributed by atoms with Gasteiger partial charge in [0.15, 0.2) is 11.6 Å². The molecular weight excluding hydrogens is 224 g/mol. The van der Waals surface area contributed by atoms with Crippen LogP contribution in [0, 0.1) is 0 Å². The van der Waals surface area contributed by atoms with E-state index in [1.54, 1.807) is 6.07 Å². The quantitative estimate of drug-likeness (QED) is 0.596. The third kappa shape index (κ3) is 2.58. The van der Waals surface area contributed by atoms with Gasteiger partial charge in [-0.05, 0) is 24.3 Å². The van der Waals surface area contributed by atoms with E-state index in [-0.39, 0.29) is 18.0 Å². The SMILES string of the molecule is O=C(CC(=O)c1cccs1)C1=COCCC1. The molecule has 3 nitrogen and oxygen atoms in total. The predicted molar refractivity (Wildman–Crippen MR) is 61.5 cm³/mol. The standard InChI is InChI=1S/C12H12O3S/c13-10(9-3-1-5-15-8-9)7-11(14)12-4-2-6-16-12/h2,4,6,8H,1,3,5,7H2. The van der Waals surface area contributed by atoms with Crippen molar-refractivity contribution in [3.05, 3.63) is 34.2 Å². The summed E-state index contributed by atoms with van der Waals surface area (Å²) in [7, 11) is 0. The van der Waals surface area contributed by atoms with Crippen LogP contribution in [0.5, 0.6) is 0 Å². The topological polar surface area (TPSA) is 43.4 Å². The van der Waals surface area contributed by atoms with Gasteiger partial charge in [0.05, 0.1) is 24.2 Å². The second-order valence-electron chi connectivity index (χ2n) is 3.62. The molecule has 0 bridgehead atoms. The lowest BCUT2D eigenvalue weighted by molar-refractivity contribution is -0.115. The van der Waals surface area contributed by atoms with Gasteiger partial charge in [-0.3, -0.25) is 9.59 Å². The maximum atomic E-state index is 11.7. The van der Waals surface area contributed by atoms with E-state index < -0.39 is 0 Å². The van der Waals surface area contributed by atoms with Crippen molar-refractivity contribution in [2.45, 2.75) is 19.3 Å². The summed E-state index contributed by atoms with van der Waals surface area (Å²) in [6.45, 7) is 0.662. The van der Waals surface area contributed by atoms with Crippen LogP contribution in [0.1, 0.15) is 28.9 Å². The van der Waals surface area contributed by atoms with Gasteiger partial charge in [-0.1, -0.05) is 6.07 Å². The number of carbonyl (C=O) groups excluding carboxylic acids is 2. The van der Waals surface area contributed by atoms with Gasteiger partial charge in [-0.25, -0.2) is 0 Å². The fourth-order valence-electron chi connectivity index (χ4n) is 1.55. The largest absolute Gasteiger partial charge is 0.501 e. The molecule has 0 unspecified atom stereocenters. The van der Waals surface area contributed by atoms with Crippen molar-refractivity contribution >= 4 is 22.9 Å². The maximum absolute atomic E-state index is 11.7. The Labute approximate surface area is 97.7 Å². The average molecular weight is 236 g/mol. The van der Waals surface area contributed by atoms with E-state index in [1.165, 1.54) is 17.6 Å². The third-order valence-electron chi connectivity index (χ3n) is 2.41. The van der Waals surface area contributed by atoms with Crippen molar-refractivity contribution in [3.63, 3.8) is 0 Å². The van der Waals surface area contributed by atoms with Crippen LogP contribution in [0.4, 0.5) is 0 Å². The first-order valence-corrected chi connectivity index (χ1v) is 6.06. The molecule has 0 aliphatic carbocycles. The summed E-state index contributed by atoms with van der Waals surface area (Å²) in [5, 5.41) is 1.83. The molecule has 0 spiro atoms. The highest BCUT2D eigenvalue weighted by atomic mass is 32.1. The molecule has 0 amide bonds. The van der Waals surface area contributed by atoms with Gasteiger partial charge in [0.25, 0.3) is 0 Å². The number of hydrogen-bond acceptors (Lipinski definition) is 4. The molecule has 0 aromatic carbocycles. The summed E-state index contributed by atoms with van der Waals surface area (Å²) in [6.07, 6.45) is 3.02. The zero-order chi connectivity index (χ0) is 11.4. The lowest BCUT2D eigenvalue weighted by Gasteiger charge is -2.11. The Kier molecular flexibility index (Phi) is 3.51. The highest BCUT2D eigenvalue weighted by Crippen LogP contribution is 2.17. The number of carbonyl (C=O) groups is 2. The van der Waals surface area contributed by atoms with Crippen LogP contribution in [0.25, 0.3) is 0 Å². The van der Waals surface area contributed by atoms with Gasteiger partial charge < -0.3 is 4.74 Å². The second kappa shape index (κ2) is 5.07. The van der Waals surface area contributed by atoms with Crippen LogP contribution in [0.2, 0.25) is 0 Å². The first-order valence-electron chi connectivity index (χ1n) is 5.18. The van der Waals surface area contributed by atoms with Gasteiger partial charge in [0, 0.05) is 5.57 Å². The number of thiophene rings is 1. The number of allylic oxidation sites excluding steroid dienone is 1. The molecule has 1 aromatic rings. The van der Waals surface area contributed by atoms with Gasteiger partial charge in [0.2, 0.25) is 0 Å². The molecule has 84 valence electrons. The molecule has 0 radical (unpaired) electrons. The number of ether oxygens (including phenoxy) is 1. The molecule has 1 aliphatic rings. The molecule has 16 heavy (non-hydrogen) atoms. The predicted octanol–water partition coefficient (Wildman–Crippen LogP) is 2.58. The third-order valence-corrected chi connectivity index (χ3v) is 3.32. The minimum absolute atomic E-state index is 0.0459. The average Bonchev–Trinajstić information content (AvgIpc) is 2.83. The first kappa shape index (κ1) is 11.1. The fraction of sp³-hybridized carbons (Fsp3) is 0.333. The normalized spacial score (nSPS) is 15.1. The molecule has 0 saturated carbocycles. The zero-order valence-corrected chi connectivity index (χ0v) is 9.59. The van der Waals surface area contributed by atoms with Crippen molar-refractivity contribution in [3.8, 4) is 0 Å². The summed E-state index contributed by atoms with van der Waals surface area (Å²) >= 11 is 1.37. The summed E-state index contributed by atoms with van der Waals surface area (Å²) in [5.41, 5.74) is 0.635. The monoisotopic (exact) mass is 236 g/mol. The van der Waals surface area contributed by atoms with Gasteiger partial charge >= 0.3 is 0 Å². The van der Waals surface area contributed by atoms with Crippen molar-refractivity contribution in [1.29, 1.82) is 0 Å². The Bertz CT molecular complexity index is 417. The molecule has 1 aromatic heterocycles. The van der Waals surface area contributed by atoms with Crippen LogP contribution in [0.15, 0.2) is 29.3 Å². The van der Waals surface area contributed by atoms with E-state index in [0.717, 1.165) is 12.8 Å². The van der Waals surface area contributed by atoms with Crippen LogP contribution >= 0.6 is 11.3 Å². The molecule has 0 atom stereocenters. The fourth-order valence-corrected chi connectivity index (χ4v) is 2.22. The van der Waals surface area contributed by atoms with Crippen LogP contribution in [-0.2, 0) is 9.53 Å². The molecule has 0 fully saturated rings. The highest BCUT2D eigenvalue weighted by molar-refractivity contribution is 7.12. The molecule has 1 aliphatic heterocycles. The van der Waals surface area contributed by atoms with E-state index in [2.05, 4.69) is 0 Å². The van der Waals surface area contributed by atoms with E-state index in [1.807, 2.05) is 11.4 Å². The van der Waals surface area contributed by atoms with Crippen molar-refractivity contribution < 1.29 is 14.3 Å². The molecular formula is C12H12O3S. The molecule has 0 saturated heterocycles. The summed E-state index contributed by atoms with van der Waals surface area (Å²) in [6, 6.07) is 3.55. The highest BCUT2D eigenvalue weighted by Gasteiger charge is 2.18. The first-order chi connectivity index (χ1) is 7.77. The van der Waals surface area contributed by atoms with Crippen molar-refractivity contribution in [2.75, 3.05) is 6.61 Å².